The van der Waals surface area contributed by atoms with Crippen molar-refractivity contribution in [1.29, 1.82) is 0 Å². The number of aryl methyl sites for hydroxylation is 2. The molecule has 0 unspecified atom stereocenters. The van der Waals surface area contributed by atoms with Gasteiger partial charge >= 0.3 is 5.97 Å². The summed E-state index contributed by atoms with van der Waals surface area (Å²) in [6.07, 6.45) is 0. The number of furan rings is 1. The highest BCUT2D eigenvalue weighted by Crippen LogP contribution is 2.34. The molecular weight excluding hydrogens is 334 g/mol. The van der Waals surface area contributed by atoms with Gasteiger partial charge in [-0.25, -0.2) is 9.78 Å². The summed E-state index contributed by atoms with van der Waals surface area (Å²) in [4.78, 5) is 21.2. The van der Waals surface area contributed by atoms with Gasteiger partial charge < -0.3 is 19.2 Å². The molecule has 1 aromatic carbocycles. The fourth-order valence-electron chi connectivity index (χ4n) is 2.74. The molecule has 2 aromatic heterocycles. The monoisotopic (exact) mass is 355 g/mol. The van der Waals surface area contributed by atoms with Gasteiger partial charge in [-0.05, 0) is 39.8 Å². The Morgan fingerprint density at radius 3 is 2.65 bits per heavy atom. The Kier molecular flexibility index (Phi) is 5.06. The summed E-state index contributed by atoms with van der Waals surface area (Å²) >= 11 is 0. The minimum absolute atomic E-state index is 0.271. The van der Waals surface area contributed by atoms with Crippen molar-refractivity contribution in [3.8, 4) is 5.75 Å². The molecule has 2 heterocycles. The van der Waals surface area contributed by atoms with Gasteiger partial charge in [0, 0.05) is 0 Å². The lowest BCUT2D eigenvalue weighted by Crippen LogP contribution is -2.07. The Bertz CT molecular complexity index is 949. The molecule has 7 nitrogen and oxygen atoms in total. The van der Waals surface area contributed by atoms with E-state index in [9.17, 15) is 4.79 Å². The number of anilines is 2. The van der Waals surface area contributed by atoms with Crippen LogP contribution in [0.3, 0.4) is 0 Å². The highest BCUT2D eigenvalue weighted by atomic mass is 16.5. The van der Waals surface area contributed by atoms with E-state index in [0.717, 1.165) is 5.69 Å². The molecule has 0 aliphatic rings. The average Bonchev–Trinajstić information content (AvgIpc) is 2.93. The van der Waals surface area contributed by atoms with E-state index in [1.807, 2.05) is 31.2 Å². The number of ether oxygens (including phenoxy) is 2. The van der Waals surface area contributed by atoms with E-state index in [1.165, 1.54) is 0 Å². The fourth-order valence-corrected chi connectivity index (χ4v) is 2.74. The maximum absolute atomic E-state index is 12.4. The van der Waals surface area contributed by atoms with Crippen LogP contribution in [0.1, 0.15) is 35.8 Å². The lowest BCUT2D eigenvalue weighted by molar-refractivity contribution is 0.0526. The zero-order valence-electron chi connectivity index (χ0n) is 15.3. The number of carbonyl (C=O) groups excluding carboxylic acids is 1. The van der Waals surface area contributed by atoms with Crippen LogP contribution in [-0.2, 0) is 4.74 Å². The molecule has 7 heteroatoms. The number of para-hydroxylation sites is 2. The first-order valence-electron chi connectivity index (χ1n) is 8.48. The van der Waals surface area contributed by atoms with E-state index in [-0.39, 0.29) is 6.61 Å². The normalized spacial score (nSPS) is 10.8. The van der Waals surface area contributed by atoms with Gasteiger partial charge in [-0.2, -0.15) is 4.98 Å². The van der Waals surface area contributed by atoms with Gasteiger partial charge in [-0.1, -0.05) is 12.1 Å². The van der Waals surface area contributed by atoms with Gasteiger partial charge in [0.25, 0.3) is 0 Å². The minimum atomic E-state index is -0.461. The van der Waals surface area contributed by atoms with Crippen molar-refractivity contribution in [3.63, 3.8) is 0 Å². The molecule has 0 radical (unpaired) electrons. The van der Waals surface area contributed by atoms with E-state index in [2.05, 4.69) is 15.3 Å². The first-order chi connectivity index (χ1) is 12.5. The molecular formula is C19H21N3O4. The van der Waals surface area contributed by atoms with Crippen LogP contribution in [0.5, 0.6) is 5.75 Å². The van der Waals surface area contributed by atoms with E-state index in [4.69, 9.17) is 13.9 Å². The largest absolute Gasteiger partial charge is 0.492 e. The van der Waals surface area contributed by atoms with Crippen LogP contribution in [0, 0.1) is 13.8 Å². The van der Waals surface area contributed by atoms with Crippen molar-refractivity contribution in [3.05, 3.63) is 41.4 Å². The molecule has 26 heavy (non-hydrogen) atoms. The van der Waals surface area contributed by atoms with Gasteiger partial charge in [0.2, 0.25) is 5.71 Å². The Balaban J connectivity index is 2.15. The summed E-state index contributed by atoms with van der Waals surface area (Å²) in [6, 6.07) is 7.53. The number of fused-ring (bicyclic) bond motifs is 1. The van der Waals surface area contributed by atoms with Crippen LogP contribution in [-0.4, -0.2) is 29.2 Å². The smallest absolute Gasteiger partial charge is 0.342 e. The van der Waals surface area contributed by atoms with E-state index in [1.54, 1.807) is 20.8 Å². The van der Waals surface area contributed by atoms with Crippen LogP contribution in [0.15, 0.2) is 28.7 Å². The summed E-state index contributed by atoms with van der Waals surface area (Å²) in [6.45, 7) is 7.96. The number of esters is 1. The topological polar surface area (TPSA) is 86.5 Å². The van der Waals surface area contributed by atoms with E-state index in [0.29, 0.717) is 46.4 Å². The number of nitrogens with zero attached hydrogens (tertiary/aromatic N) is 2. The van der Waals surface area contributed by atoms with Crippen molar-refractivity contribution in [1.82, 2.24) is 9.97 Å². The second kappa shape index (κ2) is 7.43. The van der Waals surface area contributed by atoms with Gasteiger partial charge in [0.1, 0.15) is 28.7 Å². The summed E-state index contributed by atoms with van der Waals surface area (Å²) in [5, 5.41) is 3.75. The zero-order chi connectivity index (χ0) is 18.7. The molecule has 0 spiro atoms. The molecule has 1 N–H and O–H groups in total. The van der Waals surface area contributed by atoms with Crippen LogP contribution in [0.25, 0.3) is 11.1 Å². The molecule has 0 saturated heterocycles. The SMILES string of the molecule is CCOC(=O)c1c(C)oc2nc(C)nc(Nc3ccccc3OCC)c12. The van der Waals surface area contributed by atoms with Crippen molar-refractivity contribution >= 4 is 28.6 Å². The Morgan fingerprint density at radius 2 is 1.92 bits per heavy atom. The van der Waals surface area contributed by atoms with Gasteiger partial charge in [-0.3, -0.25) is 0 Å². The molecule has 136 valence electrons. The lowest BCUT2D eigenvalue weighted by Gasteiger charge is -2.13. The molecule has 0 bridgehead atoms. The second-order valence-electron chi connectivity index (χ2n) is 5.61. The molecule has 0 saturated carbocycles. The Labute approximate surface area is 151 Å². The van der Waals surface area contributed by atoms with Crippen LogP contribution < -0.4 is 10.1 Å². The predicted octanol–water partition coefficient (Wildman–Crippen LogP) is 4.16. The summed E-state index contributed by atoms with van der Waals surface area (Å²) < 4.78 is 16.5. The number of nitrogens with one attached hydrogen (secondary N) is 1. The van der Waals surface area contributed by atoms with Gasteiger partial charge in [0.05, 0.1) is 24.3 Å². The zero-order valence-corrected chi connectivity index (χ0v) is 15.3. The maximum atomic E-state index is 12.4. The standard InChI is InChI=1S/C19H21N3O4/c1-5-24-14-10-8-7-9-13(14)22-17-16-15(19(23)25-6-2)11(3)26-18(16)21-12(4)20-17/h7-10H,5-6H2,1-4H3,(H,20,21,22). The molecule has 0 aliphatic heterocycles. The third-order valence-corrected chi connectivity index (χ3v) is 3.76. The number of aromatic nitrogens is 2. The van der Waals surface area contributed by atoms with Gasteiger partial charge in [-0.15, -0.1) is 0 Å². The third-order valence-electron chi connectivity index (χ3n) is 3.76. The maximum Gasteiger partial charge on any atom is 0.342 e. The van der Waals surface area contributed by atoms with Crippen LogP contribution in [0.2, 0.25) is 0 Å². The number of hydrogen-bond acceptors (Lipinski definition) is 7. The van der Waals surface area contributed by atoms with Gasteiger partial charge in [0.15, 0.2) is 0 Å². The lowest BCUT2D eigenvalue weighted by atomic mass is 10.1. The fraction of sp³-hybridized carbons (Fsp3) is 0.316. The highest BCUT2D eigenvalue weighted by Gasteiger charge is 2.24. The summed E-state index contributed by atoms with van der Waals surface area (Å²) in [5.41, 5.74) is 1.41. The van der Waals surface area contributed by atoms with Crippen molar-refractivity contribution < 1.29 is 18.7 Å². The van der Waals surface area contributed by atoms with Crippen LogP contribution >= 0.6 is 0 Å². The van der Waals surface area contributed by atoms with E-state index < -0.39 is 5.97 Å². The predicted molar refractivity (Wildman–Crippen MR) is 98.1 cm³/mol. The molecule has 3 aromatic rings. The number of carbonyl (C=O) groups is 1. The third kappa shape index (κ3) is 3.33. The first-order valence-corrected chi connectivity index (χ1v) is 8.48. The molecule has 0 atom stereocenters. The summed E-state index contributed by atoms with van der Waals surface area (Å²) in [7, 11) is 0. The molecule has 3 rings (SSSR count). The van der Waals surface area contributed by atoms with Crippen LogP contribution in [0.4, 0.5) is 11.5 Å². The summed E-state index contributed by atoms with van der Waals surface area (Å²) in [5.74, 6) is 1.67. The number of hydrogen-bond donors (Lipinski definition) is 1. The van der Waals surface area contributed by atoms with Crippen molar-refractivity contribution in [2.24, 2.45) is 0 Å². The quantitative estimate of drug-likeness (QED) is 0.664. The number of benzene rings is 1. The Hall–Kier alpha value is -3.09. The van der Waals surface area contributed by atoms with Crippen molar-refractivity contribution in [2.75, 3.05) is 18.5 Å². The average molecular weight is 355 g/mol. The highest BCUT2D eigenvalue weighted by molar-refractivity contribution is 6.08. The molecule has 0 aliphatic carbocycles. The van der Waals surface area contributed by atoms with Crippen molar-refractivity contribution in [2.45, 2.75) is 27.7 Å². The Morgan fingerprint density at radius 1 is 1.15 bits per heavy atom. The van der Waals surface area contributed by atoms with E-state index >= 15 is 0 Å². The second-order valence-corrected chi connectivity index (χ2v) is 5.61. The molecule has 0 fully saturated rings. The minimum Gasteiger partial charge on any atom is -0.492 e. The number of rotatable bonds is 6. The molecule has 0 amide bonds. The first kappa shape index (κ1) is 17.7.